The summed E-state index contributed by atoms with van der Waals surface area (Å²) in [5.74, 6) is 0. The fourth-order valence-electron chi connectivity index (χ4n) is 4.01. The molecule has 2 fully saturated rings. The molecule has 1 aromatic heterocycles. The fraction of sp³-hybridized carbons (Fsp3) is 0.524. The Morgan fingerprint density at radius 3 is 2.46 bits per heavy atom. The third-order valence-electron chi connectivity index (χ3n) is 5.66. The molecule has 1 aromatic carbocycles. The largest absolute Gasteiger partial charge is 0.371 e. The number of carbonyl (C=O) groups is 1. The van der Waals surface area contributed by atoms with E-state index in [0.29, 0.717) is 0 Å². The van der Waals surface area contributed by atoms with Crippen molar-refractivity contribution in [3.05, 3.63) is 46.4 Å². The van der Waals surface area contributed by atoms with Gasteiger partial charge in [-0.25, -0.2) is 9.78 Å². The van der Waals surface area contributed by atoms with Gasteiger partial charge in [-0.3, -0.25) is 4.90 Å². The van der Waals surface area contributed by atoms with E-state index < -0.39 is 0 Å². The van der Waals surface area contributed by atoms with E-state index in [1.54, 1.807) is 11.3 Å². The third-order valence-corrected chi connectivity index (χ3v) is 6.48. The highest BCUT2D eigenvalue weighted by atomic mass is 32.1. The molecule has 1 N–H and O–H groups in total. The molecule has 2 aliphatic heterocycles. The van der Waals surface area contributed by atoms with E-state index in [0.717, 1.165) is 69.4 Å². The van der Waals surface area contributed by atoms with Crippen molar-refractivity contribution < 1.29 is 4.79 Å². The Kier molecular flexibility index (Phi) is 6.12. The molecule has 0 bridgehead atoms. The molecule has 0 radical (unpaired) electrons. The highest BCUT2D eigenvalue weighted by Gasteiger charge is 2.25. The Hall–Kier alpha value is -2.12. The van der Waals surface area contributed by atoms with Gasteiger partial charge in [0, 0.05) is 62.9 Å². The van der Waals surface area contributed by atoms with Gasteiger partial charge in [0.1, 0.15) is 0 Å². The molecule has 0 spiro atoms. The zero-order valence-electron chi connectivity index (χ0n) is 16.5. The molecule has 3 heterocycles. The van der Waals surface area contributed by atoms with Gasteiger partial charge >= 0.3 is 6.03 Å². The summed E-state index contributed by atoms with van der Waals surface area (Å²) in [6, 6.07) is 10.9. The molecule has 2 aliphatic rings. The van der Waals surface area contributed by atoms with Crippen molar-refractivity contribution in [2.45, 2.75) is 32.4 Å². The SMILES string of the molecule is Cc1nc(CN2CCN(C(=O)NC3CCN(c4ccccc4)CC3)CC2)cs1. The van der Waals surface area contributed by atoms with Crippen LogP contribution in [0.15, 0.2) is 35.7 Å². The monoisotopic (exact) mass is 399 g/mol. The lowest BCUT2D eigenvalue weighted by atomic mass is 10.0. The van der Waals surface area contributed by atoms with Gasteiger partial charge in [0.15, 0.2) is 0 Å². The Morgan fingerprint density at radius 2 is 1.82 bits per heavy atom. The average Bonchev–Trinajstić information content (AvgIpc) is 3.14. The zero-order chi connectivity index (χ0) is 19.3. The smallest absolute Gasteiger partial charge is 0.317 e. The van der Waals surface area contributed by atoms with Crippen LogP contribution in [-0.4, -0.2) is 66.1 Å². The number of carbonyl (C=O) groups excluding carboxylic acids is 1. The van der Waals surface area contributed by atoms with Crippen LogP contribution in [0.3, 0.4) is 0 Å². The van der Waals surface area contributed by atoms with E-state index in [2.05, 4.69) is 49.7 Å². The number of hydrogen-bond acceptors (Lipinski definition) is 5. The molecule has 4 rings (SSSR count). The van der Waals surface area contributed by atoms with Crippen molar-refractivity contribution in [2.24, 2.45) is 0 Å². The van der Waals surface area contributed by atoms with Crippen LogP contribution in [0.5, 0.6) is 0 Å². The quantitative estimate of drug-likeness (QED) is 0.859. The first-order valence-corrected chi connectivity index (χ1v) is 11.0. The Balaban J connectivity index is 1.19. The number of para-hydroxylation sites is 1. The van der Waals surface area contributed by atoms with Gasteiger partial charge in [0.25, 0.3) is 0 Å². The molecule has 6 nitrogen and oxygen atoms in total. The molecule has 2 aromatic rings. The van der Waals surface area contributed by atoms with Crippen LogP contribution in [-0.2, 0) is 6.54 Å². The molecule has 0 saturated carbocycles. The number of amides is 2. The second-order valence-corrected chi connectivity index (χ2v) is 8.73. The predicted octanol–water partition coefficient (Wildman–Crippen LogP) is 2.95. The Bertz CT molecular complexity index is 764. The molecule has 0 atom stereocenters. The van der Waals surface area contributed by atoms with Gasteiger partial charge in [-0.05, 0) is 31.9 Å². The number of anilines is 1. The highest BCUT2D eigenvalue weighted by molar-refractivity contribution is 7.09. The summed E-state index contributed by atoms with van der Waals surface area (Å²) < 4.78 is 0. The maximum Gasteiger partial charge on any atom is 0.317 e. The molecule has 7 heteroatoms. The van der Waals surface area contributed by atoms with Crippen molar-refractivity contribution in [2.75, 3.05) is 44.2 Å². The first kappa shape index (κ1) is 19.2. The van der Waals surface area contributed by atoms with E-state index >= 15 is 0 Å². The van der Waals surface area contributed by atoms with Gasteiger partial charge in [-0.1, -0.05) is 18.2 Å². The third kappa shape index (κ3) is 4.83. The number of rotatable bonds is 4. The van der Waals surface area contributed by atoms with Crippen molar-refractivity contribution >= 4 is 23.1 Å². The maximum absolute atomic E-state index is 12.7. The minimum Gasteiger partial charge on any atom is -0.371 e. The van der Waals surface area contributed by atoms with Crippen LogP contribution in [0.1, 0.15) is 23.5 Å². The fourth-order valence-corrected chi connectivity index (χ4v) is 4.61. The summed E-state index contributed by atoms with van der Waals surface area (Å²) in [4.78, 5) is 24.0. The molecule has 2 amide bonds. The maximum atomic E-state index is 12.7. The molecule has 150 valence electrons. The van der Waals surface area contributed by atoms with Gasteiger partial charge in [-0.2, -0.15) is 0 Å². The standard InChI is InChI=1S/C21H29N5OS/c1-17-22-19(16-28-17)15-24-11-13-26(14-12-24)21(27)23-18-7-9-25(10-8-18)20-5-3-2-4-6-20/h2-6,16,18H,7-15H2,1H3,(H,23,27). The van der Waals surface area contributed by atoms with E-state index in [1.807, 2.05) is 17.9 Å². The number of nitrogens with zero attached hydrogens (tertiary/aromatic N) is 4. The molecule has 28 heavy (non-hydrogen) atoms. The summed E-state index contributed by atoms with van der Waals surface area (Å²) in [6.45, 7) is 8.33. The number of urea groups is 1. The number of aryl methyl sites for hydroxylation is 1. The topological polar surface area (TPSA) is 51.7 Å². The van der Waals surface area contributed by atoms with Gasteiger partial charge in [-0.15, -0.1) is 11.3 Å². The molecule has 2 saturated heterocycles. The lowest BCUT2D eigenvalue weighted by molar-refractivity contribution is 0.131. The van der Waals surface area contributed by atoms with Gasteiger partial charge in [0.2, 0.25) is 0 Å². The number of piperazine rings is 1. The second-order valence-electron chi connectivity index (χ2n) is 7.67. The van der Waals surface area contributed by atoms with Crippen LogP contribution in [0.2, 0.25) is 0 Å². The van der Waals surface area contributed by atoms with Crippen LogP contribution >= 0.6 is 11.3 Å². The van der Waals surface area contributed by atoms with Crippen LogP contribution in [0, 0.1) is 6.92 Å². The van der Waals surface area contributed by atoms with Crippen LogP contribution in [0.4, 0.5) is 10.5 Å². The molecule has 0 aliphatic carbocycles. The predicted molar refractivity (Wildman–Crippen MR) is 114 cm³/mol. The van der Waals surface area contributed by atoms with Gasteiger partial charge < -0.3 is 15.1 Å². The van der Waals surface area contributed by atoms with Gasteiger partial charge in [0.05, 0.1) is 10.7 Å². The molecular formula is C21H29N5OS. The summed E-state index contributed by atoms with van der Waals surface area (Å²) in [5.41, 5.74) is 2.42. The number of benzene rings is 1. The van der Waals surface area contributed by atoms with E-state index in [-0.39, 0.29) is 12.1 Å². The number of thiazole rings is 1. The lowest BCUT2D eigenvalue weighted by Crippen LogP contribution is -2.54. The van der Waals surface area contributed by atoms with Crippen LogP contribution < -0.4 is 10.2 Å². The highest BCUT2D eigenvalue weighted by Crippen LogP contribution is 2.20. The summed E-state index contributed by atoms with van der Waals surface area (Å²) in [6.07, 6.45) is 2.01. The summed E-state index contributed by atoms with van der Waals surface area (Å²) >= 11 is 1.70. The summed E-state index contributed by atoms with van der Waals surface area (Å²) in [7, 11) is 0. The van der Waals surface area contributed by atoms with Crippen molar-refractivity contribution in [1.82, 2.24) is 20.1 Å². The number of nitrogens with one attached hydrogen (secondary N) is 1. The van der Waals surface area contributed by atoms with Crippen LogP contribution in [0.25, 0.3) is 0 Å². The van der Waals surface area contributed by atoms with Crippen molar-refractivity contribution in [3.8, 4) is 0 Å². The average molecular weight is 400 g/mol. The van der Waals surface area contributed by atoms with Crippen molar-refractivity contribution in [1.29, 1.82) is 0 Å². The summed E-state index contributed by atoms with van der Waals surface area (Å²) in [5, 5.41) is 6.51. The van der Waals surface area contributed by atoms with E-state index in [4.69, 9.17) is 0 Å². The first-order valence-electron chi connectivity index (χ1n) is 10.2. The van der Waals surface area contributed by atoms with E-state index in [1.165, 1.54) is 5.69 Å². The zero-order valence-corrected chi connectivity index (χ0v) is 17.3. The second kappa shape index (κ2) is 8.92. The molecule has 0 unspecified atom stereocenters. The Morgan fingerprint density at radius 1 is 1.11 bits per heavy atom. The minimum atomic E-state index is 0.0994. The Labute approximate surface area is 171 Å². The number of piperidine rings is 1. The number of hydrogen-bond donors (Lipinski definition) is 1. The van der Waals surface area contributed by atoms with E-state index in [9.17, 15) is 4.79 Å². The normalized spacial score (nSPS) is 19.0. The molecular weight excluding hydrogens is 370 g/mol. The number of aromatic nitrogens is 1. The van der Waals surface area contributed by atoms with Crippen molar-refractivity contribution in [3.63, 3.8) is 0 Å². The lowest BCUT2D eigenvalue weighted by Gasteiger charge is -2.37. The first-order chi connectivity index (χ1) is 13.7. The minimum absolute atomic E-state index is 0.0994.